The van der Waals surface area contributed by atoms with Crippen LogP contribution in [0.3, 0.4) is 0 Å². The van der Waals surface area contributed by atoms with Gasteiger partial charge in [-0.25, -0.2) is 0 Å². The summed E-state index contributed by atoms with van der Waals surface area (Å²) in [5, 5.41) is 0. The zero-order chi connectivity index (χ0) is 7.40. The largest absolute Gasteiger partial charge is 0.306 e. The van der Waals surface area contributed by atoms with Crippen LogP contribution >= 0.6 is 0 Å². The van der Waals surface area contributed by atoms with Crippen molar-refractivity contribution in [1.82, 2.24) is 4.98 Å². The summed E-state index contributed by atoms with van der Waals surface area (Å²) >= 11 is 4.19. The number of hydrogen-bond donors (Lipinski definition) is 0. The Morgan fingerprint density at radius 2 is 2.40 bits per heavy atom. The third kappa shape index (κ3) is 1.41. The van der Waals surface area contributed by atoms with E-state index < -0.39 is 5.91 Å². The topological polar surface area (TPSA) is 42.3 Å². The summed E-state index contributed by atoms with van der Waals surface area (Å²) in [7, 11) is 0. The molecule has 0 aliphatic rings. The molecule has 0 atom stereocenters. The Hall–Kier alpha value is -1.16. The van der Waals surface area contributed by atoms with Crippen molar-refractivity contribution in [3.05, 3.63) is 30.1 Å². The first kappa shape index (κ1) is 6.95. The predicted octanol–water partition coefficient (Wildman–Crippen LogP) is 0.952. The van der Waals surface area contributed by atoms with E-state index in [2.05, 4.69) is 21.8 Å². The highest BCUT2D eigenvalue weighted by Crippen LogP contribution is 1.94. The van der Waals surface area contributed by atoms with Gasteiger partial charge in [0.1, 0.15) is 5.69 Å². The number of pyridine rings is 1. The van der Waals surface area contributed by atoms with Crippen molar-refractivity contribution in [2.75, 3.05) is 0 Å². The summed E-state index contributed by atoms with van der Waals surface area (Å²) in [5.41, 5.74) is 0.289. The summed E-state index contributed by atoms with van der Waals surface area (Å²) in [4.78, 5) is 14.4. The average molecular weight is 152 g/mol. The smallest absolute Gasteiger partial charge is 0.264 e. The van der Waals surface area contributed by atoms with Crippen LogP contribution in [0.4, 0.5) is 0 Å². The molecule has 1 rings (SSSR count). The number of carbonyl (C=O) groups is 1. The second kappa shape index (κ2) is 3.12. The van der Waals surface area contributed by atoms with Crippen molar-refractivity contribution in [2.24, 2.45) is 4.36 Å². The van der Waals surface area contributed by atoms with Crippen LogP contribution in [0.15, 0.2) is 28.8 Å². The summed E-state index contributed by atoms with van der Waals surface area (Å²) in [6.07, 6.45) is 1.52. The Bertz CT molecular complexity index is 247. The van der Waals surface area contributed by atoms with Gasteiger partial charge in [0, 0.05) is 18.6 Å². The van der Waals surface area contributed by atoms with Gasteiger partial charge in [-0.15, -0.1) is 4.36 Å². The number of rotatable bonds is 1. The fourth-order valence-electron chi connectivity index (χ4n) is 0.536. The maximum absolute atomic E-state index is 10.7. The molecule has 0 saturated heterocycles. The highest BCUT2D eigenvalue weighted by atomic mass is 32.1. The number of carbonyl (C=O) groups excluding carboxylic acids is 1. The van der Waals surface area contributed by atoms with Gasteiger partial charge in [-0.05, 0) is 12.1 Å². The molecule has 0 aliphatic carbocycles. The van der Waals surface area contributed by atoms with Crippen LogP contribution in [0, 0.1) is 0 Å². The minimum Gasteiger partial charge on any atom is -0.264 e. The summed E-state index contributed by atoms with van der Waals surface area (Å²) in [5.74, 6) is -0.462. The lowest BCUT2D eigenvalue weighted by molar-refractivity contribution is 0.100. The first-order valence-electron chi connectivity index (χ1n) is 2.63. The standard InChI is InChI=1S/C6H4N2OS/c9-6(8-10)5-3-1-2-4-7-5/h1-4H. The Kier molecular flexibility index (Phi) is 2.17. The molecule has 0 aromatic carbocycles. The van der Waals surface area contributed by atoms with E-state index in [4.69, 9.17) is 0 Å². The molecule has 0 radical (unpaired) electrons. The molecule has 0 saturated carbocycles. The maximum atomic E-state index is 10.7. The molecule has 1 heterocycles. The van der Waals surface area contributed by atoms with Crippen molar-refractivity contribution >= 4 is 18.3 Å². The van der Waals surface area contributed by atoms with E-state index in [1.165, 1.54) is 6.20 Å². The Labute approximate surface area is 63.3 Å². The van der Waals surface area contributed by atoms with Crippen molar-refractivity contribution in [1.29, 1.82) is 0 Å². The molecule has 0 spiro atoms. The van der Waals surface area contributed by atoms with Gasteiger partial charge in [0.2, 0.25) is 0 Å². The lowest BCUT2D eigenvalue weighted by Gasteiger charge is -1.87. The van der Waals surface area contributed by atoms with Gasteiger partial charge in [-0.3, -0.25) is 9.78 Å². The monoisotopic (exact) mass is 152 g/mol. The molecule has 0 N–H and O–H groups in total. The third-order valence-electron chi connectivity index (χ3n) is 0.967. The average Bonchev–Trinajstić information content (AvgIpc) is 2.05. The van der Waals surface area contributed by atoms with Crippen LogP contribution < -0.4 is 0 Å². The van der Waals surface area contributed by atoms with Gasteiger partial charge >= 0.3 is 5.91 Å². The zero-order valence-corrected chi connectivity index (χ0v) is 5.84. The van der Waals surface area contributed by atoms with E-state index in [-0.39, 0.29) is 5.69 Å². The summed E-state index contributed by atoms with van der Waals surface area (Å²) in [6, 6.07) is 5.00. The quantitative estimate of drug-likeness (QED) is 0.601. The molecule has 1 aromatic heterocycles. The molecular formula is C6H4N2OS. The van der Waals surface area contributed by atoms with Gasteiger partial charge in [0.25, 0.3) is 0 Å². The molecule has 0 aliphatic heterocycles. The van der Waals surface area contributed by atoms with Crippen molar-refractivity contribution < 1.29 is 4.79 Å². The van der Waals surface area contributed by atoms with E-state index in [1.54, 1.807) is 18.2 Å². The van der Waals surface area contributed by atoms with Gasteiger partial charge in [-0.2, -0.15) is 0 Å². The van der Waals surface area contributed by atoms with Gasteiger partial charge in [0.15, 0.2) is 0 Å². The minimum atomic E-state index is -0.462. The molecule has 50 valence electrons. The number of nitrogens with zero attached hydrogens (tertiary/aromatic N) is 2. The highest BCUT2D eigenvalue weighted by molar-refractivity contribution is 7.47. The summed E-state index contributed by atoms with van der Waals surface area (Å²) in [6.45, 7) is 0. The van der Waals surface area contributed by atoms with Crippen LogP contribution in [-0.4, -0.2) is 10.9 Å². The van der Waals surface area contributed by atoms with E-state index >= 15 is 0 Å². The Balaban J connectivity index is 2.95. The fraction of sp³-hybridized carbons (Fsp3) is 0. The fourth-order valence-corrected chi connectivity index (χ4v) is 0.630. The molecular weight excluding hydrogens is 148 g/mol. The molecule has 0 unspecified atom stereocenters. The second-order valence-corrected chi connectivity index (χ2v) is 1.79. The Morgan fingerprint density at radius 3 is 2.90 bits per heavy atom. The van der Waals surface area contributed by atoms with Crippen molar-refractivity contribution in [2.45, 2.75) is 0 Å². The second-order valence-electron chi connectivity index (χ2n) is 1.61. The molecule has 1 amide bonds. The normalized spacial score (nSPS) is 8.80. The highest BCUT2D eigenvalue weighted by Gasteiger charge is 2.01. The van der Waals surface area contributed by atoms with Crippen LogP contribution in [0.25, 0.3) is 0 Å². The molecule has 1 aromatic rings. The third-order valence-corrected chi connectivity index (χ3v) is 1.13. The van der Waals surface area contributed by atoms with Crippen LogP contribution in [0.5, 0.6) is 0 Å². The van der Waals surface area contributed by atoms with E-state index in [1.807, 2.05) is 0 Å². The molecule has 0 fully saturated rings. The van der Waals surface area contributed by atoms with E-state index in [0.717, 1.165) is 0 Å². The van der Waals surface area contributed by atoms with E-state index in [0.29, 0.717) is 0 Å². The van der Waals surface area contributed by atoms with Crippen LogP contribution in [-0.2, 0) is 12.4 Å². The van der Waals surface area contributed by atoms with Crippen molar-refractivity contribution in [3.8, 4) is 0 Å². The minimum absolute atomic E-state index is 0.289. The van der Waals surface area contributed by atoms with Crippen LogP contribution in [0.1, 0.15) is 10.5 Å². The zero-order valence-electron chi connectivity index (χ0n) is 5.02. The first-order chi connectivity index (χ1) is 4.84. The molecule has 0 bridgehead atoms. The number of amides is 1. The lowest BCUT2D eigenvalue weighted by Crippen LogP contribution is -1.95. The molecule has 10 heavy (non-hydrogen) atoms. The first-order valence-corrected chi connectivity index (χ1v) is 3.00. The lowest BCUT2D eigenvalue weighted by atomic mass is 10.3. The van der Waals surface area contributed by atoms with Crippen LogP contribution in [0.2, 0.25) is 0 Å². The predicted molar refractivity (Wildman–Crippen MR) is 38.4 cm³/mol. The molecule has 4 heteroatoms. The Morgan fingerprint density at radius 1 is 1.60 bits per heavy atom. The van der Waals surface area contributed by atoms with Crippen molar-refractivity contribution in [3.63, 3.8) is 0 Å². The number of hydrogen-bond acceptors (Lipinski definition) is 3. The van der Waals surface area contributed by atoms with Gasteiger partial charge in [0.05, 0.1) is 0 Å². The maximum Gasteiger partial charge on any atom is 0.306 e. The van der Waals surface area contributed by atoms with Gasteiger partial charge in [-0.1, -0.05) is 6.07 Å². The molecule has 3 nitrogen and oxygen atoms in total. The summed E-state index contributed by atoms with van der Waals surface area (Å²) < 4.78 is 3.04. The van der Waals surface area contributed by atoms with Gasteiger partial charge < -0.3 is 0 Å². The SMILES string of the molecule is O=C(N=S)c1ccccn1. The van der Waals surface area contributed by atoms with E-state index in [9.17, 15) is 4.79 Å². The number of aromatic nitrogens is 1.